The van der Waals surface area contributed by atoms with E-state index in [1.54, 1.807) is 6.07 Å². The normalized spacial score (nSPS) is 22.0. The molecular formula is C43H48N2O6. The van der Waals surface area contributed by atoms with E-state index in [9.17, 15) is 24.9 Å². The van der Waals surface area contributed by atoms with Crippen molar-refractivity contribution in [1.82, 2.24) is 4.90 Å². The smallest absolute Gasteiger partial charge is 0.336 e. The third-order valence-corrected chi connectivity index (χ3v) is 11.5. The lowest BCUT2D eigenvalue weighted by molar-refractivity contribution is -0.00663. The van der Waals surface area contributed by atoms with Crippen molar-refractivity contribution in [3.63, 3.8) is 0 Å². The lowest BCUT2D eigenvalue weighted by atomic mass is 9.69. The Morgan fingerprint density at radius 1 is 0.824 bits per heavy atom. The molecule has 266 valence electrons. The van der Waals surface area contributed by atoms with Crippen LogP contribution < -0.4 is 9.64 Å². The number of piperidine rings is 1. The van der Waals surface area contributed by atoms with Crippen molar-refractivity contribution in [2.45, 2.75) is 82.4 Å². The Kier molecular flexibility index (Phi) is 10.0. The number of fused-ring (bicyclic) bond motifs is 1. The first-order valence-corrected chi connectivity index (χ1v) is 18.4. The molecule has 0 aromatic heterocycles. The molecule has 0 radical (unpaired) electrons. The van der Waals surface area contributed by atoms with Gasteiger partial charge in [0.15, 0.2) is 0 Å². The molecule has 1 saturated carbocycles. The number of phenols is 1. The molecule has 3 aliphatic rings. The molecule has 1 heterocycles. The highest BCUT2D eigenvalue weighted by molar-refractivity contribution is 6.02. The van der Waals surface area contributed by atoms with Gasteiger partial charge in [0.25, 0.3) is 0 Å². The van der Waals surface area contributed by atoms with Crippen LogP contribution in [0, 0.1) is 5.92 Å². The third kappa shape index (κ3) is 7.47. The van der Waals surface area contributed by atoms with E-state index in [1.807, 2.05) is 12.1 Å². The summed E-state index contributed by atoms with van der Waals surface area (Å²) in [7, 11) is 0. The number of ether oxygens (including phenoxy) is 1. The second kappa shape index (κ2) is 14.8. The van der Waals surface area contributed by atoms with Crippen LogP contribution in [-0.2, 0) is 6.42 Å². The first-order chi connectivity index (χ1) is 24.6. The molecule has 2 aliphatic carbocycles. The summed E-state index contributed by atoms with van der Waals surface area (Å²) < 4.78 is 6.09. The number of nitrogens with zero attached hydrogens (tertiary/aromatic N) is 2. The quantitative estimate of drug-likeness (QED) is 0.145. The average molecular weight is 689 g/mol. The van der Waals surface area contributed by atoms with Crippen LogP contribution in [0.5, 0.6) is 11.5 Å². The minimum Gasteiger partial charge on any atom is -0.508 e. The summed E-state index contributed by atoms with van der Waals surface area (Å²) in [4.78, 5) is 28.1. The molecule has 2 unspecified atom stereocenters. The summed E-state index contributed by atoms with van der Waals surface area (Å²) in [6.45, 7) is 7.62. The summed E-state index contributed by atoms with van der Waals surface area (Å²) >= 11 is 0. The third-order valence-electron chi connectivity index (χ3n) is 11.5. The van der Waals surface area contributed by atoms with Gasteiger partial charge in [-0.3, -0.25) is 4.90 Å². The molecule has 1 aliphatic heterocycles. The predicted octanol–water partition coefficient (Wildman–Crippen LogP) is 8.19. The molecule has 0 bridgehead atoms. The zero-order valence-corrected chi connectivity index (χ0v) is 29.4. The van der Waals surface area contributed by atoms with Gasteiger partial charge in [0.2, 0.25) is 0 Å². The number of hydrogen-bond donors (Lipinski definition) is 3. The summed E-state index contributed by atoms with van der Waals surface area (Å²) in [5.74, 6) is -0.546. The van der Waals surface area contributed by atoms with Crippen LogP contribution in [0.1, 0.15) is 101 Å². The Hall–Kier alpha value is -4.82. The maximum atomic E-state index is 11.6. The number of aromatic carboxylic acids is 2. The van der Waals surface area contributed by atoms with E-state index >= 15 is 0 Å². The molecule has 0 amide bonds. The molecular weight excluding hydrogens is 640 g/mol. The minimum atomic E-state index is -1.27. The van der Waals surface area contributed by atoms with Crippen LogP contribution in [0.15, 0.2) is 91.0 Å². The van der Waals surface area contributed by atoms with E-state index in [4.69, 9.17) is 4.74 Å². The number of aromatic hydroxyl groups is 1. The van der Waals surface area contributed by atoms with Crippen molar-refractivity contribution in [1.29, 1.82) is 0 Å². The van der Waals surface area contributed by atoms with Crippen LogP contribution in [0.4, 0.5) is 5.69 Å². The fraction of sp³-hybridized carbons (Fsp3) is 0.395. The minimum absolute atomic E-state index is 0.0180. The molecule has 2 atom stereocenters. The van der Waals surface area contributed by atoms with Gasteiger partial charge in [0.05, 0.1) is 11.1 Å². The van der Waals surface area contributed by atoms with Crippen molar-refractivity contribution in [3.05, 3.63) is 124 Å². The fourth-order valence-corrected chi connectivity index (χ4v) is 8.68. The van der Waals surface area contributed by atoms with Crippen LogP contribution >= 0.6 is 0 Å². The Balaban J connectivity index is 0.952. The SMILES string of the molecule is CC(C)N(CC1CCN(c2ccc(C3c4ccc(O)cc4CCC3c3ccccc3)cc2)CC1)[C@H]1C[C@H](Oc2ccc(C(=O)O)c(C(=O)O)c2)C1. The van der Waals surface area contributed by atoms with Gasteiger partial charge >= 0.3 is 11.9 Å². The maximum absolute atomic E-state index is 11.6. The van der Waals surface area contributed by atoms with Gasteiger partial charge in [0.1, 0.15) is 17.6 Å². The summed E-state index contributed by atoms with van der Waals surface area (Å²) in [5, 5.41) is 29.0. The largest absolute Gasteiger partial charge is 0.508 e. The Bertz CT molecular complexity index is 1840. The molecule has 2 fully saturated rings. The van der Waals surface area contributed by atoms with Gasteiger partial charge in [-0.05, 0) is 116 Å². The number of carbonyl (C=O) groups is 2. The second-order valence-electron chi connectivity index (χ2n) is 14.9. The van der Waals surface area contributed by atoms with E-state index in [2.05, 4.69) is 84.3 Å². The number of aryl methyl sites for hydroxylation is 1. The first kappa shape index (κ1) is 34.6. The van der Waals surface area contributed by atoms with Crippen LogP contribution in [0.2, 0.25) is 0 Å². The number of benzene rings is 4. The lowest BCUT2D eigenvalue weighted by Crippen LogP contribution is -2.53. The van der Waals surface area contributed by atoms with E-state index in [0.717, 1.165) is 58.2 Å². The summed E-state index contributed by atoms with van der Waals surface area (Å²) in [5.41, 5.74) is 6.05. The predicted molar refractivity (Wildman–Crippen MR) is 198 cm³/mol. The highest BCUT2D eigenvalue weighted by Crippen LogP contribution is 2.47. The first-order valence-electron chi connectivity index (χ1n) is 18.4. The van der Waals surface area contributed by atoms with E-state index in [0.29, 0.717) is 35.4 Å². The molecule has 4 aromatic rings. The summed E-state index contributed by atoms with van der Waals surface area (Å²) in [6, 6.07) is 31.0. The molecule has 0 spiro atoms. The fourth-order valence-electron chi connectivity index (χ4n) is 8.68. The number of carboxylic acids is 2. The molecule has 3 N–H and O–H groups in total. The highest BCUT2D eigenvalue weighted by Gasteiger charge is 2.38. The molecule has 51 heavy (non-hydrogen) atoms. The van der Waals surface area contributed by atoms with Gasteiger partial charge in [-0.2, -0.15) is 0 Å². The van der Waals surface area contributed by atoms with E-state index in [1.165, 1.54) is 40.1 Å². The Labute approximate surface area is 300 Å². The van der Waals surface area contributed by atoms with Crippen molar-refractivity contribution in [3.8, 4) is 11.5 Å². The Morgan fingerprint density at radius 3 is 2.20 bits per heavy atom. The van der Waals surface area contributed by atoms with Crippen molar-refractivity contribution < 1.29 is 29.6 Å². The van der Waals surface area contributed by atoms with Gasteiger partial charge in [-0.15, -0.1) is 0 Å². The molecule has 8 heteroatoms. The van der Waals surface area contributed by atoms with Crippen molar-refractivity contribution in [2.75, 3.05) is 24.5 Å². The van der Waals surface area contributed by atoms with Gasteiger partial charge in [-0.25, -0.2) is 9.59 Å². The average Bonchev–Trinajstić information content (AvgIpc) is 3.12. The number of phenolic OH excluding ortho intramolecular Hbond substituents is 1. The number of rotatable bonds is 11. The van der Waals surface area contributed by atoms with Gasteiger partial charge < -0.3 is 25.0 Å². The number of hydrogen-bond acceptors (Lipinski definition) is 6. The molecule has 4 aromatic carbocycles. The zero-order valence-electron chi connectivity index (χ0n) is 29.4. The van der Waals surface area contributed by atoms with Crippen LogP contribution in [-0.4, -0.2) is 70.0 Å². The zero-order chi connectivity index (χ0) is 35.6. The lowest BCUT2D eigenvalue weighted by Gasteiger charge is -2.46. The highest BCUT2D eigenvalue weighted by atomic mass is 16.5. The van der Waals surface area contributed by atoms with Crippen LogP contribution in [0.3, 0.4) is 0 Å². The number of anilines is 1. The standard InChI is InChI=1S/C43H48N2O6/c1-27(2)45(33-23-36(24-33)51-35-14-17-39(42(47)48)40(25-35)43(49)50)26-28-18-20-44(21-19-28)32-11-8-30(9-12-32)41-37(29-6-4-3-5-7-29)15-10-31-22-34(46)13-16-38(31)41/h3-9,11-14,16-17,22,25,27-28,33,36-37,41,46H,10,15,18-21,23-24,26H2,1-2H3,(H,47,48)(H,49,50)/t33-,36-,37?,41?. The second-order valence-corrected chi connectivity index (χ2v) is 14.9. The van der Waals surface area contributed by atoms with Crippen molar-refractivity contribution in [2.24, 2.45) is 5.92 Å². The molecule has 1 saturated heterocycles. The topological polar surface area (TPSA) is 111 Å². The van der Waals surface area contributed by atoms with Gasteiger partial charge in [-0.1, -0.05) is 48.5 Å². The van der Waals surface area contributed by atoms with Crippen molar-refractivity contribution >= 4 is 17.6 Å². The molecule has 8 nitrogen and oxygen atoms in total. The maximum Gasteiger partial charge on any atom is 0.336 e. The monoisotopic (exact) mass is 688 g/mol. The van der Waals surface area contributed by atoms with E-state index in [-0.39, 0.29) is 23.1 Å². The number of carboxylic acid groups (broad SMARTS) is 2. The van der Waals surface area contributed by atoms with Crippen LogP contribution in [0.25, 0.3) is 0 Å². The Morgan fingerprint density at radius 2 is 1.53 bits per heavy atom. The molecule has 7 rings (SSSR count). The summed E-state index contributed by atoms with van der Waals surface area (Å²) in [6.07, 6.45) is 6.01. The van der Waals surface area contributed by atoms with Gasteiger partial charge in [0, 0.05) is 56.2 Å². The van der Waals surface area contributed by atoms with E-state index < -0.39 is 11.9 Å².